The number of rotatable bonds is 2. The second-order valence-electron chi connectivity index (χ2n) is 4.12. The number of carbonyl (C=O) groups is 1. The SMILES string of the molecule is CC(C)(C)CNC(=O)c1ccno1. The predicted octanol–water partition coefficient (Wildman–Crippen LogP) is 1.45. The van der Waals surface area contributed by atoms with Crippen LogP contribution in [0.5, 0.6) is 0 Å². The van der Waals surface area contributed by atoms with Crippen molar-refractivity contribution >= 4 is 5.91 Å². The maximum absolute atomic E-state index is 11.3. The molecular formula is C9H14N2O2. The zero-order valence-corrected chi connectivity index (χ0v) is 8.13. The van der Waals surface area contributed by atoms with Crippen molar-refractivity contribution in [3.63, 3.8) is 0 Å². The predicted molar refractivity (Wildman–Crippen MR) is 48.3 cm³/mol. The highest BCUT2D eigenvalue weighted by Crippen LogP contribution is 2.10. The van der Waals surface area contributed by atoms with Crippen LogP contribution in [0.4, 0.5) is 0 Å². The van der Waals surface area contributed by atoms with Gasteiger partial charge in [-0.3, -0.25) is 4.79 Å². The Hall–Kier alpha value is -1.32. The van der Waals surface area contributed by atoms with Crippen LogP contribution in [0.3, 0.4) is 0 Å². The number of amides is 1. The van der Waals surface area contributed by atoms with Gasteiger partial charge in [0.05, 0.1) is 6.20 Å². The van der Waals surface area contributed by atoms with Crippen LogP contribution in [0, 0.1) is 5.41 Å². The van der Waals surface area contributed by atoms with Crippen LogP contribution < -0.4 is 5.32 Å². The molecule has 0 radical (unpaired) electrons. The van der Waals surface area contributed by atoms with E-state index >= 15 is 0 Å². The highest BCUT2D eigenvalue weighted by molar-refractivity contribution is 5.91. The van der Waals surface area contributed by atoms with E-state index in [4.69, 9.17) is 4.52 Å². The Morgan fingerprint density at radius 3 is 2.77 bits per heavy atom. The van der Waals surface area contributed by atoms with E-state index in [-0.39, 0.29) is 17.1 Å². The van der Waals surface area contributed by atoms with Crippen molar-refractivity contribution in [1.29, 1.82) is 0 Å². The van der Waals surface area contributed by atoms with E-state index in [1.165, 1.54) is 12.3 Å². The summed E-state index contributed by atoms with van der Waals surface area (Å²) in [7, 11) is 0. The highest BCUT2D eigenvalue weighted by atomic mass is 16.5. The van der Waals surface area contributed by atoms with Gasteiger partial charge in [0.2, 0.25) is 5.76 Å². The molecule has 1 rings (SSSR count). The minimum atomic E-state index is -0.215. The van der Waals surface area contributed by atoms with E-state index in [0.717, 1.165) is 0 Å². The molecule has 1 amide bonds. The first-order valence-corrected chi connectivity index (χ1v) is 4.18. The Morgan fingerprint density at radius 1 is 1.62 bits per heavy atom. The lowest BCUT2D eigenvalue weighted by atomic mass is 9.97. The number of aromatic nitrogens is 1. The average Bonchev–Trinajstić information content (AvgIpc) is 2.50. The standard InChI is InChI=1S/C9H14N2O2/c1-9(2,3)6-10-8(12)7-4-5-11-13-7/h4-5H,6H2,1-3H3,(H,10,12). The van der Waals surface area contributed by atoms with Gasteiger partial charge in [-0.25, -0.2) is 0 Å². The van der Waals surface area contributed by atoms with E-state index < -0.39 is 0 Å². The first-order chi connectivity index (χ1) is 5.99. The van der Waals surface area contributed by atoms with Crippen LogP contribution in [0.1, 0.15) is 31.3 Å². The zero-order chi connectivity index (χ0) is 9.90. The monoisotopic (exact) mass is 182 g/mol. The van der Waals surface area contributed by atoms with Gasteiger partial charge in [-0.05, 0) is 5.41 Å². The number of nitrogens with one attached hydrogen (secondary N) is 1. The Bertz CT molecular complexity index is 272. The molecule has 1 aromatic heterocycles. The molecule has 13 heavy (non-hydrogen) atoms. The lowest BCUT2D eigenvalue weighted by Crippen LogP contribution is -2.31. The van der Waals surface area contributed by atoms with Gasteiger partial charge in [0.25, 0.3) is 5.91 Å². The first kappa shape index (κ1) is 9.77. The van der Waals surface area contributed by atoms with Crippen LogP contribution >= 0.6 is 0 Å². The van der Waals surface area contributed by atoms with Crippen molar-refractivity contribution in [1.82, 2.24) is 10.5 Å². The second-order valence-corrected chi connectivity index (χ2v) is 4.12. The largest absolute Gasteiger partial charge is 0.351 e. The van der Waals surface area contributed by atoms with E-state index in [9.17, 15) is 4.79 Å². The van der Waals surface area contributed by atoms with E-state index in [0.29, 0.717) is 6.54 Å². The molecule has 0 aliphatic rings. The van der Waals surface area contributed by atoms with Gasteiger partial charge in [-0.15, -0.1) is 0 Å². The molecule has 0 atom stereocenters. The summed E-state index contributed by atoms with van der Waals surface area (Å²) in [6.07, 6.45) is 1.45. The molecule has 4 heteroatoms. The summed E-state index contributed by atoms with van der Waals surface area (Å²) in [5.41, 5.74) is 0.0790. The molecule has 0 aliphatic heterocycles. The van der Waals surface area contributed by atoms with Crippen molar-refractivity contribution in [2.75, 3.05) is 6.54 Å². The molecule has 4 nitrogen and oxygen atoms in total. The van der Waals surface area contributed by atoms with Crippen molar-refractivity contribution < 1.29 is 9.32 Å². The molecular weight excluding hydrogens is 168 g/mol. The number of hydrogen-bond acceptors (Lipinski definition) is 3. The molecule has 0 aliphatic carbocycles. The average molecular weight is 182 g/mol. The molecule has 1 aromatic rings. The summed E-state index contributed by atoms with van der Waals surface area (Å²) in [5.74, 6) is 0.0386. The van der Waals surface area contributed by atoms with Gasteiger partial charge in [0.15, 0.2) is 0 Å². The fourth-order valence-electron chi connectivity index (χ4n) is 0.765. The molecule has 0 aromatic carbocycles. The van der Waals surface area contributed by atoms with Gasteiger partial charge in [0.1, 0.15) is 0 Å². The molecule has 0 saturated heterocycles. The summed E-state index contributed by atoms with van der Waals surface area (Å²) in [6, 6.07) is 1.54. The minimum absolute atomic E-state index is 0.0790. The molecule has 1 N–H and O–H groups in total. The van der Waals surface area contributed by atoms with Gasteiger partial charge < -0.3 is 9.84 Å². The molecule has 0 unspecified atom stereocenters. The van der Waals surface area contributed by atoms with Crippen LogP contribution in [0.15, 0.2) is 16.8 Å². The van der Waals surface area contributed by atoms with Crippen molar-refractivity contribution in [2.45, 2.75) is 20.8 Å². The maximum Gasteiger partial charge on any atom is 0.289 e. The normalized spacial score (nSPS) is 11.3. The van der Waals surface area contributed by atoms with Crippen LogP contribution in [0.2, 0.25) is 0 Å². The van der Waals surface area contributed by atoms with E-state index in [1.807, 2.05) is 20.8 Å². The summed E-state index contributed by atoms with van der Waals surface area (Å²) in [4.78, 5) is 11.3. The van der Waals surface area contributed by atoms with Crippen molar-refractivity contribution in [3.05, 3.63) is 18.0 Å². The van der Waals surface area contributed by atoms with Gasteiger partial charge in [0, 0.05) is 12.6 Å². The van der Waals surface area contributed by atoms with Crippen LogP contribution in [0.25, 0.3) is 0 Å². The smallest absolute Gasteiger partial charge is 0.289 e. The Kier molecular flexibility index (Phi) is 2.70. The summed E-state index contributed by atoms with van der Waals surface area (Å²) >= 11 is 0. The van der Waals surface area contributed by atoms with E-state index in [1.54, 1.807) is 0 Å². The number of nitrogens with zero attached hydrogens (tertiary/aromatic N) is 1. The van der Waals surface area contributed by atoms with Gasteiger partial charge >= 0.3 is 0 Å². The van der Waals surface area contributed by atoms with Crippen LogP contribution in [-0.4, -0.2) is 17.6 Å². The third-order valence-electron chi connectivity index (χ3n) is 1.44. The van der Waals surface area contributed by atoms with Crippen LogP contribution in [-0.2, 0) is 0 Å². The fourth-order valence-corrected chi connectivity index (χ4v) is 0.765. The molecule has 0 bridgehead atoms. The summed E-state index contributed by atoms with van der Waals surface area (Å²) < 4.78 is 4.70. The molecule has 0 saturated carbocycles. The Morgan fingerprint density at radius 2 is 2.31 bits per heavy atom. The number of hydrogen-bond donors (Lipinski definition) is 1. The molecule has 0 fully saturated rings. The summed E-state index contributed by atoms with van der Waals surface area (Å²) in [5, 5.41) is 6.20. The van der Waals surface area contributed by atoms with Crippen molar-refractivity contribution in [2.24, 2.45) is 5.41 Å². The third-order valence-corrected chi connectivity index (χ3v) is 1.44. The molecule has 0 spiro atoms. The lowest BCUT2D eigenvalue weighted by molar-refractivity contribution is 0.0902. The third kappa shape index (κ3) is 3.27. The minimum Gasteiger partial charge on any atom is -0.351 e. The Balaban J connectivity index is 2.44. The second kappa shape index (κ2) is 3.60. The lowest BCUT2D eigenvalue weighted by Gasteiger charge is -2.17. The van der Waals surface area contributed by atoms with Gasteiger partial charge in [-0.2, -0.15) is 0 Å². The van der Waals surface area contributed by atoms with Gasteiger partial charge in [-0.1, -0.05) is 25.9 Å². The first-order valence-electron chi connectivity index (χ1n) is 4.18. The molecule has 1 heterocycles. The topological polar surface area (TPSA) is 55.1 Å². The number of carbonyl (C=O) groups excluding carboxylic acids is 1. The van der Waals surface area contributed by atoms with E-state index in [2.05, 4.69) is 10.5 Å². The highest BCUT2D eigenvalue weighted by Gasteiger charge is 2.14. The molecule has 72 valence electrons. The maximum atomic E-state index is 11.3. The van der Waals surface area contributed by atoms with Crippen molar-refractivity contribution in [3.8, 4) is 0 Å². The quantitative estimate of drug-likeness (QED) is 0.753. The fraction of sp³-hybridized carbons (Fsp3) is 0.556. The zero-order valence-electron chi connectivity index (χ0n) is 8.13. The Labute approximate surface area is 77.3 Å². The summed E-state index contributed by atoms with van der Waals surface area (Å²) in [6.45, 7) is 6.77.